The molecule has 1 aliphatic rings. The zero-order chi connectivity index (χ0) is 25.7. The van der Waals surface area contributed by atoms with Crippen molar-refractivity contribution in [2.75, 3.05) is 49.0 Å². The summed E-state index contributed by atoms with van der Waals surface area (Å²) in [5.74, 6) is 1.07. The normalized spacial score (nSPS) is 14.5. The molecular weight excluding hydrogens is 458 g/mol. The Hall–Kier alpha value is -3.69. The summed E-state index contributed by atoms with van der Waals surface area (Å²) in [5, 5.41) is 21.6. The number of rotatable bonds is 8. The second-order valence-corrected chi connectivity index (χ2v) is 9.21. The molecule has 1 aromatic carbocycles. The number of carbonyl (C=O) groups is 1. The second kappa shape index (κ2) is 11.4. The van der Waals surface area contributed by atoms with Gasteiger partial charge in [0, 0.05) is 43.9 Å². The molecule has 9 nitrogen and oxygen atoms in total. The van der Waals surface area contributed by atoms with Gasteiger partial charge in [0.1, 0.15) is 11.6 Å². The lowest BCUT2D eigenvalue weighted by atomic mass is 10.0. The topological polar surface area (TPSA) is 111 Å². The molecule has 2 atom stereocenters. The maximum Gasteiger partial charge on any atom is 0.328 e. The van der Waals surface area contributed by atoms with E-state index in [9.17, 15) is 9.90 Å². The number of hydrogen-bond acceptors (Lipinski definition) is 7. The SMILES string of the molecule is CC(COc1cccc(NC(=O)N2CCCc3ccc(-c4cccc(N(C)C)c4)nc32)n1)C(O)CO. The van der Waals surface area contributed by atoms with E-state index in [0.29, 0.717) is 24.1 Å². The Labute approximate surface area is 211 Å². The molecule has 4 rings (SSSR count). The van der Waals surface area contributed by atoms with E-state index in [4.69, 9.17) is 14.8 Å². The van der Waals surface area contributed by atoms with E-state index < -0.39 is 6.10 Å². The average Bonchev–Trinajstić information content (AvgIpc) is 2.90. The molecule has 190 valence electrons. The fraction of sp³-hybridized carbons (Fsp3) is 0.370. The third-order valence-electron chi connectivity index (χ3n) is 6.24. The number of aliphatic hydroxyl groups is 2. The number of amides is 2. The first-order valence-electron chi connectivity index (χ1n) is 12.1. The number of hydrogen-bond donors (Lipinski definition) is 3. The highest BCUT2D eigenvalue weighted by molar-refractivity contribution is 6.01. The van der Waals surface area contributed by atoms with E-state index in [1.807, 2.05) is 49.3 Å². The molecule has 2 amide bonds. The van der Waals surface area contributed by atoms with Crippen molar-refractivity contribution in [2.45, 2.75) is 25.9 Å². The van der Waals surface area contributed by atoms with Crippen LogP contribution >= 0.6 is 0 Å². The fourth-order valence-corrected chi connectivity index (χ4v) is 3.99. The smallest absolute Gasteiger partial charge is 0.328 e. The molecule has 3 aromatic rings. The van der Waals surface area contributed by atoms with Gasteiger partial charge < -0.3 is 19.8 Å². The molecule has 36 heavy (non-hydrogen) atoms. The fourth-order valence-electron chi connectivity index (χ4n) is 3.99. The molecule has 0 fully saturated rings. The Morgan fingerprint density at radius 2 is 1.97 bits per heavy atom. The lowest BCUT2D eigenvalue weighted by Crippen LogP contribution is -2.39. The minimum atomic E-state index is -0.866. The van der Waals surface area contributed by atoms with E-state index in [1.165, 1.54) is 0 Å². The zero-order valence-corrected chi connectivity index (χ0v) is 20.9. The van der Waals surface area contributed by atoms with Crippen molar-refractivity contribution < 1.29 is 19.7 Å². The number of carbonyl (C=O) groups excluding carboxylic acids is 1. The predicted octanol–water partition coefficient (Wildman–Crippen LogP) is 3.56. The Kier molecular flexibility index (Phi) is 8.02. The van der Waals surface area contributed by atoms with E-state index >= 15 is 0 Å². The number of fused-ring (bicyclic) bond motifs is 1. The van der Waals surface area contributed by atoms with Crippen molar-refractivity contribution in [3.63, 3.8) is 0 Å². The maximum atomic E-state index is 13.3. The van der Waals surface area contributed by atoms with Gasteiger partial charge in [-0.2, -0.15) is 4.98 Å². The van der Waals surface area contributed by atoms with Gasteiger partial charge in [0.25, 0.3) is 0 Å². The molecule has 1 aliphatic heterocycles. The lowest BCUT2D eigenvalue weighted by Gasteiger charge is -2.28. The lowest BCUT2D eigenvalue weighted by molar-refractivity contribution is 0.0341. The van der Waals surface area contributed by atoms with E-state index in [-0.39, 0.29) is 25.2 Å². The van der Waals surface area contributed by atoms with Gasteiger partial charge in [-0.3, -0.25) is 10.2 Å². The minimum absolute atomic E-state index is 0.188. The van der Waals surface area contributed by atoms with Crippen LogP contribution < -0.4 is 19.9 Å². The number of pyridine rings is 2. The highest BCUT2D eigenvalue weighted by Crippen LogP contribution is 2.30. The van der Waals surface area contributed by atoms with Crippen LogP contribution in [0.1, 0.15) is 18.9 Å². The van der Waals surface area contributed by atoms with Crippen LogP contribution in [0.2, 0.25) is 0 Å². The first kappa shape index (κ1) is 25.4. The van der Waals surface area contributed by atoms with Gasteiger partial charge in [0.2, 0.25) is 5.88 Å². The summed E-state index contributed by atoms with van der Waals surface area (Å²) >= 11 is 0. The average molecular weight is 492 g/mol. The van der Waals surface area contributed by atoms with E-state index in [0.717, 1.165) is 35.3 Å². The Bertz CT molecular complexity index is 1200. The van der Waals surface area contributed by atoms with Gasteiger partial charge in [-0.15, -0.1) is 0 Å². The second-order valence-electron chi connectivity index (χ2n) is 9.21. The minimum Gasteiger partial charge on any atom is -0.477 e. The van der Waals surface area contributed by atoms with Crippen LogP contribution in [0.5, 0.6) is 5.88 Å². The number of urea groups is 1. The highest BCUT2D eigenvalue weighted by atomic mass is 16.5. The molecular formula is C27H33N5O4. The molecule has 0 aliphatic carbocycles. The standard InChI is InChI=1S/C27H33N5O4/c1-18(23(34)16-33)17-36-25-11-5-10-24(29-25)30-27(35)32-14-6-8-19-12-13-22(28-26(19)32)20-7-4-9-21(15-20)31(2)3/h4-5,7,9-13,15,18,23,33-34H,6,8,14,16-17H2,1-3H3,(H,29,30,35). The van der Waals surface area contributed by atoms with Gasteiger partial charge in [-0.1, -0.05) is 31.2 Å². The molecule has 0 bridgehead atoms. The number of aryl methyl sites for hydroxylation is 1. The van der Waals surface area contributed by atoms with Gasteiger partial charge in [-0.05, 0) is 42.7 Å². The number of anilines is 3. The summed E-state index contributed by atoms with van der Waals surface area (Å²) in [4.78, 5) is 26.2. The van der Waals surface area contributed by atoms with Crippen LogP contribution in [-0.2, 0) is 6.42 Å². The molecule has 0 saturated heterocycles. The summed E-state index contributed by atoms with van der Waals surface area (Å²) in [7, 11) is 4.00. The summed E-state index contributed by atoms with van der Waals surface area (Å²) in [6, 6.07) is 17.0. The third-order valence-corrected chi connectivity index (χ3v) is 6.24. The number of aromatic nitrogens is 2. The van der Waals surface area contributed by atoms with Gasteiger partial charge >= 0.3 is 6.03 Å². The molecule has 9 heteroatoms. The van der Waals surface area contributed by atoms with E-state index in [2.05, 4.69) is 16.4 Å². The maximum absolute atomic E-state index is 13.3. The Morgan fingerprint density at radius 1 is 1.17 bits per heavy atom. The number of nitrogens with one attached hydrogen (secondary N) is 1. The molecule has 0 saturated carbocycles. The van der Waals surface area contributed by atoms with Crippen LogP contribution in [0.3, 0.4) is 0 Å². The summed E-state index contributed by atoms with van der Waals surface area (Å²) in [5.41, 5.74) is 3.91. The monoisotopic (exact) mass is 491 g/mol. The predicted molar refractivity (Wildman–Crippen MR) is 141 cm³/mol. The third kappa shape index (κ3) is 5.92. The molecule has 0 radical (unpaired) electrons. The van der Waals surface area contributed by atoms with Gasteiger partial charge in [0.05, 0.1) is 25.0 Å². The van der Waals surface area contributed by atoms with Gasteiger partial charge in [-0.25, -0.2) is 9.78 Å². The number of aliphatic hydroxyl groups excluding tert-OH is 2. The Morgan fingerprint density at radius 3 is 2.75 bits per heavy atom. The van der Waals surface area contributed by atoms with Crippen molar-refractivity contribution in [2.24, 2.45) is 5.92 Å². The quantitative estimate of drug-likeness (QED) is 0.442. The number of nitrogens with zero attached hydrogens (tertiary/aromatic N) is 4. The first-order valence-corrected chi connectivity index (χ1v) is 12.1. The first-order chi connectivity index (χ1) is 17.4. The molecule has 0 spiro atoms. The summed E-state index contributed by atoms with van der Waals surface area (Å²) in [6.45, 7) is 2.19. The van der Waals surface area contributed by atoms with Crippen LogP contribution in [0.25, 0.3) is 11.3 Å². The van der Waals surface area contributed by atoms with Crippen molar-refractivity contribution in [3.8, 4) is 17.1 Å². The molecule has 2 aromatic heterocycles. The van der Waals surface area contributed by atoms with E-state index in [1.54, 1.807) is 30.0 Å². The van der Waals surface area contributed by atoms with Crippen LogP contribution in [0.4, 0.5) is 22.1 Å². The van der Waals surface area contributed by atoms with Crippen molar-refractivity contribution in [3.05, 3.63) is 60.2 Å². The van der Waals surface area contributed by atoms with Crippen molar-refractivity contribution >= 4 is 23.4 Å². The van der Waals surface area contributed by atoms with Gasteiger partial charge in [0.15, 0.2) is 0 Å². The highest BCUT2D eigenvalue weighted by Gasteiger charge is 2.25. The number of ether oxygens (including phenoxy) is 1. The van der Waals surface area contributed by atoms with Crippen molar-refractivity contribution in [1.29, 1.82) is 0 Å². The largest absolute Gasteiger partial charge is 0.477 e. The zero-order valence-electron chi connectivity index (χ0n) is 20.9. The molecule has 3 heterocycles. The Balaban J connectivity index is 1.50. The summed E-state index contributed by atoms with van der Waals surface area (Å²) in [6.07, 6.45) is 0.845. The van der Waals surface area contributed by atoms with Crippen LogP contribution in [0, 0.1) is 5.92 Å². The van der Waals surface area contributed by atoms with Crippen LogP contribution in [-0.4, -0.2) is 66.2 Å². The molecule has 2 unspecified atom stereocenters. The van der Waals surface area contributed by atoms with Crippen LogP contribution in [0.15, 0.2) is 54.6 Å². The number of benzene rings is 1. The summed E-state index contributed by atoms with van der Waals surface area (Å²) < 4.78 is 5.64. The molecule has 3 N–H and O–H groups in total. The van der Waals surface area contributed by atoms with Crippen molar-refractivity contribution in [1.82, 2.24) is 9.97 Å².